The van der Waals surface area contributed by atoms with Gasteiger partial charge in [-0.05, 0) is 73.4 Å². The first-order chi connectivity index (χ1) is 12.3. The molecule has 0 aliphatic rings. The van der Waals surface area contributed by atoms with Gasteiger partial charge in [0.1, 0.15) is 12.4 Å². The van der Waals surface area contributed by atoms with E-state index in [1.807, 2.05) is 64.1 Å². The maximum atomic E-state index is 6.35. The minimum atomic E-state index is 0.410. The van der Waals surface area contributed by atoms with Crippen molar-refractivity contribution in [3.63, 3.8) is 0 Å². The van der Waals surface area contributed by atoms with Gasteiger partial charge in [-0.15, -0.1) is 0 Å². The fraction of sp³-hybridized carbons (Fsp3) is 0.217. The van der Waals surface area contributed by atoms with Crippen LogP contribution >= 0.6 is 11.6 Å². The fourth-order valence-corrected chi connectivity index (χ4v) is 2.95. The van der Waals surface area contributed by atoms with Gasteiger partial charge < -0.3 is 10.5 Å². The summed E-state index contributed by atoms with van der Waals surface area (Å²) in [5.74, 6) is 0.746. The summed E-state index contributed by atoms with van der Waals surface area (Å²) in [5.41, 5.74) is 11.7. The Bertz CT molecular complexity index is 982. The standard InChI is InChI=1S/C23H26ClNO/c1-7-14(2)15(3)13-26-22-12-11-19(18(6)25)17(5)23(22)20-9-8-10-21(24)16(20)4/h7-12H,3,5,13,25H2,1-2,4,6H3/b14-7-,19-18+. The lowest BCUT2D eigenvalue weighted by Gasteiger charge is -2.16. The monoisotopic (exact) mass is 367 g/mol. The van der Waals surface area contributed by atoms with Crippen molar-refractivity contribution < 1.29 is 4.74 Å². The van der Waals surface area contributed by atoms with Gasteiger partial charge in [0.2, 0.25) is 0 Å². The van der Waals surface area contributed by atoms with Crippen LogP contribution in [0.1, 0.15) is 26.3 Å². The zero-order chi connectivity index (χ0) is 19.4. The van der Waals surface area contributed by atoms with E-state index < -0.39 is 0 Å². The van der Waals surface area contributed by atoms with E-state index in [4.69, 9.17) is 22.1 Å². The Balaban J connectivity index is 2.65. The minimum Gasteiger partial charge on any atom is -0.488 e. The Kier molecular flexibility index (Phi) is 6.33. The molecule has 26 heavy (non-hydrogen) atoms. The molecule has 2 nitrogen and oxygen atoms in total. The average Bonchev–Trinajstić information content (AvgIpc) is 2.61. The van der Waals surface area contributed by atoms with Crippen molar-refractivity contribution in [1.29, 1.82) is 0 Å². The molecule has 0 aliphatic carbocycles. The molecule has 3 heteroatoms. The molecule has 2 aromatic rings. The Labute approximate surface area is 161 Å². The van der Waals surface area contributed by atoms with Crippen LogP contribution in [-0.4, -0.2) is 6.61 Å². The summed E-state index contributed by atoms with van der Waals surface area (Å²) in [7, 11) is 0. The first-order valence-electron chi connectivity index (χ1n) is 8.55. The molecule has 0 spiro atoms. The molecule has 2 rings (SSSR count). The lowest BCUT2D eigenvalue weighted by molar-refractivity contribution is 0.355. The topological polar surface area (TPSA) is 35.2 Å². The molecule has 0 fully saturated rings. The molecule has 2 aromatic carbocycles. The number of benzene rings is 2. The highest BCUT2D eigenvalue weighted by Gasteiger charge is 2.13. The average molecular weight is 368 g/mol. The lowest BCUT2D eigenvalue weighted by Crippen LogP contribution is -2.30. The van der Waals surface area contributed by atoms with Crippen LogP contribution in [0, 0.1) is 6.92 Å². The molecular weight excluding hydrogens is 342 g/mol. The molecule has 0 amide bonds. The number of hydrogen-bond acceptors (Lipinski definition) is 2. The first-order valence-corrected chi connectivity index (χ1v) is 8.93. The largest absolute Gasteiger partial charge is 0.488 e. The summed E-state index contributed by atoms with van der Waals surface area (Å²) >= 11 is 6.35. The van der Waals surface area contributed by atoms with Crippen LogP contribution in [-0.2, 0) is 0 Å². The van der Waals surface area contributed by atoms with Gasteiger partial charge in [0, 0.05) is 21.5 Å². The molecule has 136 valence electrons. The fourth-order valence-electron chi connectivity index (χ4n) is 2.77. The molecule has 0 atom stereocenters. The van der Waals surface area contributed by atoms with E-state index in [1.165, 1.54) is 0 Å². The van der Waals surface area contributed by atoms with Crippen molar-refractivity contribution in [2.24, 2.45) is 5.73 Å². The van der Waals surface area contributed by atoms with Gasteiger partial charge >= 0.3 is 0 Å². The molecule has 0 aliphatic heterocycles. The van der Waals surface area contributed by atoms with Crippen molar-refractivity contribution in [2.45, 2.75) is 27.7 Å². The predicted octanol–water partition coefficient (Wildman–Crippen LogP) is 4.71. The SMILES string of the molecule is C=C(COc1cc/c(=C(/C)N)c(=C)c1-c1cccc(Cl)c1C)/C(C)=C\C. The second kappa shape index (κ2) is 8.29. The second-order valence-corrected chi connectivity index (χ2v) is 6.83. The number of nitrogens with two attached hydrogens (primary N) is 1. The van der Waals surface area contributed by atoms with Crippen molar-refractivity contribution in [3.8, 4) is 16.9 Å². The summed E-state index contributed by atoms with van der Waals surface area (Å²) in [4.78, 5) is 0. The predicted molar refractivity (Wildman–Crippen MR) is 114 cm³/mol. The highest BCUT2D eigenvalue weighted by Crippen LogP contribution is 2.32. The highest BCUT2D eigenvalue weighted by atomic mass is 35.5. The number of rotatable bonds is 5. The van der Waals surface area contributed by atoms with E-state index in [2.05, 4.69) is 13.2 Å². The van der Waals surface area contributed by atoms with E-state index in [1.54, 1.807) is 0 Å². The van der Waals surface area contributed by atoms with Crippen molar-refractivity contribution >= 4 is 23.9 Å². The smallest absolute Gasteiger partial charge is 0.128 e. The normalized spacial score (nSPS) is 12.7. The molecule has 0 saturated heterocycles. The number of allylic oxidation sites excluding steroid dienone is 1. The van der Waals surface area contributed by atoms with Gasteiger partial charge in [0.05, 0.1) is 0 Å². The Hall–Kier alpha value is -2.45. The molecular formula is C23H26ClNO. The zero-order valence-corrected chi connectivity index (χ0v) is 16.7. The summed E-state index contributed by atoms with van der Waals surface area (Å²) < 4.78 is 6.11. The number of halogens is 1. The summed E-state index contributed by atoms with van der Waals surface area (Å²) in [6.45, 7) is 16.6. The van der Waals surface area contributed by atoms with E-state index >= 15 is 0 Å². The van der Waals surface area contributed by atoms with Crippen LogP contribution in [0.25, 0.3) is 23.4 Å². The van der Waals surface area contributed by atoms with Crippen LogP contribution in [0.5, 0.6) is 5.75 Å². The van der Waals surface area contributed by atoms with Crippen molar-refractivity contribution in [3.05, 3.63) is 75.2 Å². The molecule has 0 bridgehead atoms. The molecule has 0 heterocycles. The van der Waals surface area contributed by atoms with Crippen LogP contribution in [0.3, 0.4) is 0 Å². The molecule has 0 saturated carbocycles. The van der Waals surface area contributed by atoms with Gasteiger partial charge in [-0.2, -0.15) is 0 Å². The molecule has 0 unspecified atom stereocenters. The number of hydrogen-bond donors (Lipinski definition) is 1. The van der Waals surface area contributed by atoms with Crippen LogP contribution in [0.4, 0.5) is 0 Å². The summed E-state index contributed by atoms with van der Waals surface area (Å²) in [5, 5.41) is 2.46. The summed E-state index contributed by atoms with van der Waals surface area (Å²) in [6.07, 6.45) is 2.02. The van der Waals surface area contributed by atoms with Crippen molar-refractivity contribution in [2.75, 3.05) is 6.61 Å². The molecule has 0 radical (unpaired) electrons. The maximum absolute atomic E-state index is 6.35. The second-order valence-electron chi connectivity index (χ2n) is 6.42. The van der Waals surface area contributed by atoms with Gasteiger partial charge in [0.25, 0.3) is 0 Å². The van der Waals surface area contributed by atoms with Gasteiger partial charge in [0.15, 0.2) is 0 Å². The van der Waals surface area contributed by atoms with E-state index in [0.717, 1.165) is 49.7 Å². The summed E-state index contributed by atoms with van der Waals surface area (Å²) in [6, 6.07) is 9.73. The third-order valence-electron chi connectivity index (χ3n) is 4.63. The highest BCUT2D eigenvalue weighted by molar-refractivity contribution is 6.31. The van der Waals surface area contributed by atoms with Crippen molar-refractivity contribution in [1.82, 2.24) is 0 Å². The van der Waals surface area contributed by atoms with E-state index in [0.29, 0.717) is 11.6 Å². The first kappa shape index (κ1) is 19.9. The minimum absolute atomic E-state index is 0.410. The maximum Gasteiger partial charge on any atom is 0.128 e. The van der Waals surface area contributed by atoms with Gasteiger partial charge in [-0.3, -0.25) is 0 Å². The lowest BCUT2D eigenvalue weighted by atomic mass is 9.96. The van der Waals surface area contributed by atoms with Crippen LogP contribution in [0.2, 0.25) is 5.02 Å². The zero-order valence-electron chi connectivity index (χ0n) is 15.9. The Morgan fingerprint density at radius 1 is 1.23 bits per heavy atom. The van der Waals surface area contributed by atoms with Gasteiger partial charge in [-0.1, -0.05) is 43.0 Å². The molecule has 2 N–H and O–H groups in total. The Morgan fingerprint density at radius 2 is 1.92 bits per heavy atom. The third-order valence-corrected chi connectivity index (χ3v) is 5.04. The van der Waals surface area contributed by atoms with Crippen LogP contribution in [0.15, 0.2) is 54.1 Å². The van der Waals surface area contributed by atoms with E-state index in [-0.39, 0.29) is 0 Å². The number of ether oxygens (including phenoxy) is 1. The third kappa shape index (κ3) is 4.03. The van der Waals surface area contributed by atoms with E-state index in [9.17, 15) is 0 Å². The molecule has 0 aromatic heterocycles. The van der Waals surface area contributed by atoms with Gasteiger partial charge in [-0.25, -0.2) is 0 Å². The van der Waals surface area contributed by atoms with Crippen LogP contribution < -0.4 is 20.9 Å². The Morgan fingerprint density at radius 3 is 2.54 bits per heavy atom. The quantitative estimate of drug-likeness (QED) is 0.776.